The van der Waals surface area contributed by atoms with Crippen molar-refractivity contribution in [1.82, 2.24) is 0 Å². The number of rotatable bonds is 8. The third-order valence-electron chi connectivity index (χ3n) is 4.67. The van der Waals surface area contributed by atoms with Crippen LogP contribution in [0.15, 0.2) is 46.4 Å². The molecule has 1 N–H and O–H groups in total. The van der Waals surface area contributed by atoms with Crippen LogP contribution in [0.2, 0.25) is 0 Å². The third-order valence-corrected chi connectivity index (χ3v) is 4.67. The molecule has 2 atom stereocenters. The van der Waals surface area contributed by atoms with E-state index in [4.69, 9.17) is 4.42 Å². The minimum atomic E-state index is -0.563. The summed E-state index contributed by atoms with van der Waals surface area (Å²) in [6, 6.07) is 10.9. The summed E-state index contributed by atoms with van der Waals surface area (Å²) in [5.74, 6) is 1.45. The van der Waals surface area contributed by atoms with E-state index in [1.54, 1.807) is 6.07 Å². The lowest BCUT2D eigenvalue weighted by atomic mass is 9.89. The molecule has 0 saturated heterocycles. The molecule has 2 unspecified atom stereocenters. The Balaban J connectivity index is 2.05. The summed E-state index contributed by atoms with van der Waals surface area (Å²) in [7, 11) is 0. The molecule has 0 aliphatic heterocycles. The summed E-state index contributed by atoms with van der Waals surface area (Å²) in [5, 5.41) is 11.9. The topological polar surface area (TPSA) is 66.0 Å². The zero-order valence-corrected chi connectivity index (χ0v) is 16.0. The van der Waals surface area contributed by atoms with Gasteiger partial charge in [-0.25, -0.2) is 4.39 Å². The summed E-state index contributed by atoms with van der Waals surface area (Å²) in [6.07, 6.45) is 4.57. The van der Waals surface area contributed by atoms with Gasteiger partial charge in [0.25, 0.3) is 5.91 Å². The van der Waals surface area contributed by atoms with E-state index in [9.17, 15) is 14.4 Å². The Labute approximate surface area is 159 Å². The van der Waals surface area contributed by atoms with Crippen molar-refractivity contribution in [3.05, 3.63) is 59.3 Å². The van der Waals surface area contributed by atoms with Gasteiger partial charge in [-0.2, -0.15) is 5.26 Å². The predicted octanol–water partition coefficient (Wildman–Crippen LogP) is 5.58. The third kappa shape index (κ3) is 6.10. The SMILES string of the molecule is CCCC(C)C(C)Cc1ccc(/C=C(\C#N)C(=O)Nc2ccc(F)cc2)o1. The number of carbonyl (C=O) groups excluding carboxylic acids is 1. The normalized spacial score (nSPS) is 13.7. The maximum absolute atomic E-state index is 12.9. The zero-order chi connectivity index (χ0) is 19.8. The van der Waals surface area contributed by atoms with Gasteiger partial charge in [0.05, 0.1) is 0 Å². The van der Waals surface area contributed by atoms with Gasteiger partial charge >= 0.3 is 0 Å². The lowest BCUT2D eigenvalue weighted by molar-refractivity contribution is -0.112. The van der Waals surface area contributed by atoms with Gasteiger partial charge in [0, 0.05) is 18.2 Å². The average molecular weight is 368 g/mol. The largest absolute Gasteiger partial charge is 0.462 e. The maximum atomic E-state index is 12.9. The second-order valence-electron chi connectivity index (χ2n) is 6.88. The Hall–Kier alpha value is -2.87. The molecule has 0 saturated carbocycles. The lowest BCUT2D eigenvalue weighted by Crippen LogP contribution is -2.13. The molecule has 0 aliphatic rings. The minimum Gasteiger partial charge on any atom is -0.462 e. The van der Waals surface area contributed by atoms with E-state index in [1.807, 2.05) is 12.1 Å². The number of hydrogen-bond donors (Lipinski definition) is 1. The van der Waals surface area contributed by atoms with E-state index in [-0.39, 0.29) is 5.57 Å². The number of carbonyl (C=O) groups is 1. The van der Waals surface area contributed by atoms with Crippen LogP contribution < -0.4 is 5.32 Å². The van der Waals surface area contributed by atoms with Gasteiger partial charge in [0.15, 0.2) is 0 Å². The number of nitrogens with zero attached hydrogens (tertiary/aromatic N) is 1. The van der Waals surface area contributed by atoms with Crippen LogP contribution in [0.1, 0.15) is 45.1 Å². The number of nitrogens with one attached hydrogen (secondary N) is 1. The second kappa shape index (κ2) is 9.72. The Kier molecular flexibility index (Phi) is 7.36. The van der Waals surface area contributed by atoms with Crippen molar-refractivity contribution in [1.29, 1.82) is 5.26 Å². The van der Waals surface area contributed by atoms with Gasteiger partial charge in [-0.05, 0) is 48.2 Å². The molecule has 0 bridgehead atoms. The summed E-state index contributed by atoms with van der Waals surface area (Å²) in [4.78, 5) is 12.2. The summed E-state index contributed by atoms with van der Waals surface area (Å²) < 4.78 is 18.7. The first-order chi connectivity index (χ1) is 12.9. The molecule has 1 aromatic heterocycles. The molecule has 0 radical (unpaired) electrons. The average Bonchev–Trinajstić information content (AvgIpc) is 3.08. The minimum absolute atomic E-state index is 0.0763. The van der Waals surface area contributed by atoms with E-state index in [0.717, 1.165) is 18.6 Å². The standard InChI is InChI=1S/C22H25FN2O2/c1-4-5-15(2)16(3)12-20-10-11-21(27-20)13-17(14-24)22(26)25-19-8-6-18(23)7-9-19/h6-11,13,15-16H,4-5,12H2,1-3H3,(H,25,26)/b17-13+. The Morgan fingerprint density at radius 1 is 1.22 bits per heavy atom. The van der Waals surface area contributed by atoms with Crippen molar-refractivity contribution in [2.24, 2.45) is 11.8 Å². The van der Waals surface area contributed by atoms with Crippen molar-refractivity contribution in [3.8, 4) is 6.07 Å². The number of amides is 1. The summed E-state index contributed by atoms with van der Waals surface area (Å²) in [5.41, 5.74) is 0.342. The molecular weight excluding hydrogens is 343 g/mol. The molecule has 1 amide bonds. The molecule has 1 heterocycles. The Bertz CT molecular complexity index is 831. The highest BCUT2D eigenvalue weighted by molar-refractivity contribution is 6.09. The van der Waals surface area contributed by atoms with Crippen LogP contribution in [0, 0.1) is 29.0 Å². The highest BCUT2D eigenvalue weighted by Gasteiger charge is 2.15. The van der Waals surface area contributed by atoms with Crippen LogP contribution >= 0.6 is 0 Å². The molecule has 0 aliphatic carbocycles. The van der Waals surface area contributed by atoms with E-state index in [2.05, 4.69) is 26.1 Å². The van der Waals surface area contributed by atoms with Crippen LogP contribution in [0.5, 0.6) is 0 Å². The molecule has 2 aromatic rings. The molecular formula is C22H25FN2O2. The smallest absolute Gasteiger partial charge is 0.266 e. The van der Waals surface area contributed by atoms with E-state index >= 15 is 0 Å². The quantitative estimate of drug-likeness (QED) is 0.489. The fourth-order valence-corrected chi connectivity index (χ4v) is 2.86. The van der Waals surface area contributed by atoms with Crippen LogP contribution in [-0.2, 0) is 11.2 Å². The molecule has 27 heavy (non-hydrogen) atoms. The van der Waals surface area contributed by atoms with Crippen molar-refractivity contribution in [2.75, 3.05) is 5.32 Å². The van der Waals surface area contributed by atoms with E-state index < -0.39 is 11.7 Å². The van der Waals surface area contributed by atoms with E-state index in [0.29, 0.717) is 23.3 Å². The Morgan fingerprint density at radius 3 is 2.56 bits per heavy atom. The van der Waals surface area contributed by atoms with Crippen molar-refractivity contribution < 1.29 is 13.6 Å². The van der Waals surface area contributed by atoms with Gasteiger partial charge in [-0.3, -0.25) is 4.79 Å². The van der Waals surface area contributed by atoms with Crippen molar-refractivity contribution in [2.45, 2.75) is 40.0 Å². The molecule has 4 nitrogen and oxygen atoms in total. The first-order valence-corrected chi connectivity index (χ1v) is 9.20. The first kappa shape index (κ1) is 20.4. The molecule has 1 aromatic carbocycles. The van der Waals surface area contributed by atoms with Crippen LogP contribution in [-0.4, -0.2) is 5.91 Å². The van der Waals surface area contributed by atoms with Crippen LogP contribution in [0.4, 0.5) is 10.1 Å². The molecule has 142 valence electrons. The summed E-state index contributed by atoms with van der Waals surface area (Å²) >= 11 is 0. The van der Waals surface area contributed by atoms with Gasteiger partial charge in [-0.15, -0.1) is 0 Å². The molecule has 0 fully saturated rings. The van der Waals surface area contributed by atoms with Gasteiger partial charge in [-0.1, -0.05) is 33.6 Å². The lowest BCUT2D eigenvalue weighted by Gasteiger charge is -2.17. The summed E-state index contributed by atoms with van der Waals surface area (Å²) in [6.45, 7) is 6.63. The van der Waals surface area contributed by atoms with Gasteiger partial charge in [0.1, 0.15) is 29.0 Å². The number of hydrogen-bond acceptors (Lipinski definition) is 3. The monoisotopic (exact) mass is 368 g/mol. The van der Waals surface area contributed by atoms with Gasteiger partial charge < -0.3 is 9.73 Å². The fourth-order valence-electron chi connectivity index (χ4n) is 2.86. The molecule has 2 rings (SSSR count). The van der Waals surface area contributed by atoms with Crippen molar-refractivity contribution in [3.63, 3.8) is 0 Å². The number of benzene rings is 1. The fraction of sp³-hybridized carbons (Fsp3) is 0.364. The number of furan rings is 1. The van der Waals surface area contributed by atoms with Crippen LogP contribution in [0.25, 0.3) is 6.08 Å². The van der Waals surface area contributed by atoms with Gasteiger partial charge in [0.2, 0.25) is 0 Å². The predicted molar refractivity (Wildman–Crippen MR) is 104 cm³/mol. The zero-order valence-electron chi connectivity index (χ0n) is 16.0. The second-order valence-corrected chi connectivity index (χ2v) is 6.88. The number of anilines is 1. The highest BCUT2D eigenvalue weighted by Crippen LogP contribution is 2.23. The molecule has 0 spiro atoms. The number of nitriles is 1. The molecule has 5 heteroatoms. The maximum Gasteiger partial charge on any atom is 0.266 e. The Morgan fingerprint density at radius 2 is 1.93 bits per heavy atom. The number of halogens is 1. The first-order valence-electron chi connectivity index (χ1n) is 9.20. The van der Waals surface area contributed by atoms with E-state index in [1.165, 1.54) is 36.8 Å². The van der Waals surface area contributed by atoms with Crippen LogP contribution in [0.3, 0.4) is 0 Å². The van der Waals surface area contributed by atoms with Crippen molar-refractivity contribution >= 4 is 17.7 Å². The highest BCUT2D eigenvalue weighted by atomic mass is 19.1.